The topological polar surface area (TPSA) is 97.9 Å². The van der Waals surface area contributed by atoms with E-state index < -0.39 is 0 Å². The summed E-state index contributed by atoms with van der Waals surface area (Å²) < 4.78 is 5.52. The van der Waals surface area contributed by atoms with Crippen molar-refractivity contribution >= 4 is 17.7 Å². The fourth-order valence-electron chi connectivity index (χ4n) is 3.60. The van der Waals surface area contributed by atoms with E-state index in [2.05, 4.69) is 25.1 Å². The molecule has 4 rings (SSSR count). The molecule has 1 amide bonds. The van der Waals surface area contributed by atoms with E-state index in [1.807, 2.05) is 43.9 Å². The van der Waals surface area contributed by atoms with Gasteiger partial charge < -0.3 is 9.42 Å². The molecular weight excluding hydrogens is 400 g/mol. The molecule has 1 aliphatic rings. The van der Waals surface area contributed by atoms with E-state index in [1.165, 1.54) is 11.8 Å². The van der Waals surface area contributed by atoms with Crippen molar-refractivity contribution in [1.82, 2.24) is 30.0 Å². The van der Waals surface area contributed by atoms with Crippen molar-refractivity contribution in [3.63, 3.8) is 0 Å². The van der Waals surface area contributed by atoms with Crippen LogP contribution in [-0.2, 0) is 4.79 Å². The number of piperidine rings is 1. The average molecular weight is 425 g/mol. The summed E-state index contributed by atoms with van der Waals surface area (Å²) in [6.45, 7) is 7.09. The Balaban J connectivity index is 1.42. The van der Waals surface area contributed by atoms with Gasteiger partial charge in [0.05, 0.1) is 11.2 Å². The Kier molecular flexibility index (Phi) is 6.08. The molecule has 0 spiro atoms. The third-order valence-electron chi connectivity index (χ3n) is 5.04. The summed E-state index contributed by atoms with van der Waals surface area (Å²) in [5.41, 5.74) is 2.63. The Hall–Kier alpha value is -2.81. The largest absolute Gasteiger partial charge is 0.341 e. The first-order valence-corrected chi connectivity index (χ1v) is 10.9. The second-order valence-corrected chi connectivity index (χ2v) is 8.82. The maximum atomic E-state index is 13.1. The Morgan fingerprint density at radius 3 is 2.80 bits per heavy atom. The number of likely N-dealkylation sites (tertiary alicyclic amines) is 1. The third-order valence-corrected chi connectivity index (χ3v) is 5.98. The number of carbonyl (C=O) groups is 1. The highest BCUT2D eigenvalue weighted by atomic mass is 32.2. The van der Waals surface area contributed by atoms with Crippen LogP contribution in [0.1, 0.15) is 43.0 Å². The number of thioether (sulfide) groups is 1. The number of amides is 1. The zero-order valence-electron chi connectivity index (χ0n) is 17.3. The molecule has 2 atom stereocenters. The Morgan fingerprint density at radius 2 is 2.07 bits per heavy atom. The van der Waals surface area contributed by atoms with Gasteiger partial charge in [0, 0.05) is 42.4 Å². The maximum absolute atomic E-state index is 13.1. The average Bonchev–Trinajstić information content (AvgIpc) is 3.23. The summed E-state index contributed by atoms with van der Waals surface area (Å²) in [7, 11) is 0. The highest BCUT2D eigenvalue weighted by Crippen LogP contribution is 2.29. The highest BCUT2D eigenvalue weighted by Gasteiger charge is 2.31. The first-order valence-electron chi connectivity index (χ1n) is 10.0. The van der Waals surface area contributed by atoms with Crippen molar-refractivity contribution in [2.75, 3.05) is 13.1 Å². The van der Waals surface area contributed by atoms with Gasteiger partial charge in [-0.05, 0) is 51.8 Å². The molecule has 9 heteroatoms. The SMILES string of the molecule is Cc1cc(C)nc(S[C@@H](C)C(=O)N2CCC[C@H](c3nc(-c4cccnc4)no3)C2)n1. The summed E-state index contributed by atoms with van der Waals surface area (Å²) in [5.74, 6) is 1.22. The lowest BCUT2D eigenvalue weighted by Gasteiger charge is -2.32. The Labute approximate surface area is 179 Å². The lowest BCUT2D eigenvalue weighted by atomic mass is 9.97. The van der Waals surface area contributed by atoms with Crippen LogP contribution in [0.5, 0.6) is 0 Å². The third kappa shape index (κ3) is 4.67. The molecule has 0 unspecified atom stereocenters. The van der Waals surface area contributed by atoms with Gasteiger partial charge in [0.1, 0.15) is 0 Å². The number of hydrogen-bond donors (Lipinski definition) is 0. The van der Waals surface area contributed by atoms with E-state index in [0.717, 1.165) is 36.3 Å². The molecule has 3 aromatic rings. The predicted octanol–water partition coefficient (Wildman–Crippen LogP) is 3.43. The molecule has 0 N–H and O–H groups in total. The molecule has 1 fully saturated rings. The highest BCUT2D eigenvalue weighted by molar-refractivity contribution is 8.00. The molecule has 4 heterocycles. The summed E-state index contributed by atoms with van der Waals surface area (Å²) in [6, 6.07) is 5.66. The molecule has 3 aromatic heterocycles. The molecule has 0 saturated carbocycles. The van der Waals surface area contributed by atoms with Crippen LogP contribution in [0.4, 0.5) is 0 Å². The first kappa shape index (κ1) is 20.5. The van der Waals surface area contributed by atoms with Gasteiger partial charge in [-0.2, -0.15) is 4.98 Å². The fraction of sp³-hybridized carbons (Fsp3) is 0.429. The number of aromatic nitrogens is 5. The van der Waals surface area contributed by atoms with Crippen LogP contribution >= 0.6 is 11.8 Å². The van der Waals surface area contributed by atoms with E-state index in [4.69, 9.17) is 4.52 Å². The fourth-order valence-corrected chi connectivity index (χ4v) is 4.56. The lowest BCUT2D eigenvalue weighted by molar-refractivity contribution is -0.131. The molecule has 0 aromatic carbocycles. The second kappa shape index (κ2) is 8.91. The van der Waals surface area contributed by atoms with Crippen LogP contribution in [0.15, 0.2) is 40.3 Å². The van der Waals surface area contributed by atoms with E-state index >= 15 is 0 Å². The Morgan fingerprint density at radius 1 is 1.27 bits per heavy atom. The van der Waals surface area contributed by atoms with Crippen molar-refractivity contribution in [2.45, 2.75) is 49.9 Å². The standard InChI is InChI=1S/C21H24N6O2S/c1-13-10-14(2)24-21(23-13)30-15(3)20(28)27-9-5-7-17(12-27)19-25-18(26-29-19)16-6-4-8-22-11-16/h4,6,8,10-11,15,17H,5,7,9,12H2,1-3H3/t15-,17-/m0/s1. The van der Waals surface area contributed by atoms with Gasteiger partial charge in [0.15, 0.2) is 5.16 Å². The summed E-state index contributed by atoms with van der Waals surface area (Å²) in [6.07, 6.45) is 5.23. The van der Waals surface area contributed by atoms with E-state index in [1.54, 1.807) is 12.4 Å². The van der Waals surface area contributed by atoms with Crippen LogP contribution in [0.25, 0.3) is 11.4 Å². The molecular formula is C21H24N6O2S. The van der Waals surface area contributed by atoms with Gasteiger partial charge >= 0.3 is 0 Å². The summed E-state index contributed by atoms with van der Waals surface area (Å²) in [4.78, 5) is 32.5. The van der Waals surface area contributed by atoms with E-state index in [-0.39, 0.29) is 17.1 Å². The van der Waals surface area contributed by atoms with Gasteiger partial charge in [-0.25, -0.2) is 9.97 Å². The number of pyridine rings is 1. The predicted molar refractivity (Wildman–Crippen MR) is 113 cm³/mol. The van der Waals surface area contributed by atoms with Crippen LogP contribution in [0.3, 0.4) is 0 Å². The maximum Gasteiger partial charge on any atom is 0.235 e. The van der Waals surface area contributed by atoms with Gasteiger partial charge in [-0.3, -0.25) is 9.78 Å². The van der Waals surface area contributed by atoms with Gasteiger partial charge in [0.2, 0.25) is 17.6 Å². The number of carbonyl (C=O) groups excluding carboxylic acids is 1. The number of rotatable bonds is 5. The van der Waals surface area contributed by atoms with Crippen molar-refractivity contribution < 1.29 is 9.32 Å². The van der Waals surface area contributed by atoms with Crippen molar-refractivity contribution in [1.29, 1.82) is 0 Å². The quantitative estimate of drug-likeness (QED) is 0.454. The van der Waals surface area contributed by atoms with Crippen molar-refractivity contribution in [2.24, 2.45) is 0 Å². The summed E-state index contributed by atoms with van der Waals surface area (Å²) >= 11 is 1.40. The van der Waals surface area contributed by atoms with Crippen molar-refractivity contribution in [3.8, 4) is 11.4 Å². The smallest absolute Gasteiger partial charge is 0.235 e. The lowest BCUT2D eigenvalue weighted by Crippen LogP contribution is -2.42. The monoisotopic (exact) mass is 424 g/mol. The minimum absolute atomic E-state index is 0.0373. The number of aryl methyl sites for hydroxylation is 2. The minimum Gasteiger partial charge on any atom is -0.341 e. The van der Waals surface area contributed by atoms with E-state index in [9.17, 15) is 4.79 Å². The zero-order chi connectivity index (χ0) is 21.1. The molecule has 156 valence electrons. The molecule has 0 bridgehead atoms. The normalized spacial score (nSPS) is 17.7. The first-order chi connectivity index (χ1) is 14.5. The van der Waals surface area contributed by atoms with Gasteiger partial charge in [0.25, 0.3) is 0 Å². The van der Waals surface area contributed by atoms with Crippen LogP contribution < -0.4 is 0 Å². The molecule has 0 aliphatic carbocycles. The van der Waals surface area contributed by atoms with Crippen LogP contribution in [-0.4, -0.2) is 54.2 Å². The molecule has 30 heavy (non-hydrogen) atoms. The molecule has 1 aliphatic heterocycles. The molecule has 0 radical (unpaired) electrons. The van der Waals surface area contributed by atoms with Gasteiger partial charge in [-0.15, -0.1) is 0 Å². The Bertz CT molecular complexity index is 1010. The molecule has 1 saturated heterocycles. The van der Waals surface area contributed by atoms with Crippen LogP contribution in [0.2, 0.25) is 0 Å². The second-order valence-electron chi connectivity index (χ2n) is 7.51. The summed E-state index contributed by atoms with van der Waals surface area (Å²) in [5, 5.41) is 4.46. The van der Waals surface area contributed by atoms with Crippen molar-refractivity contribution in [3.05, 3.63) is 47.9 Å². The number of hydrogen-bond acceptors (Lipinski definition) is 8. The zero-order valence-corrected chi connectivity index (χ0v) is 18.1. The molecule has 8 nitrogen and oxygen atoms in total. The minimum atomic E-state index is -0.265. The number of nitrogens with zero attached hydrogens (tertiary/aromatic N) is 6. The van der Waals surface area contributed by atoms with E-state index in [0.29, 0.717) is 23.4 Å². The van der Waals surface area contributed by atoms with Crippen LogP contribution in [0, 0.1) is 13.8 Å². The van der Waals surface area contributed by atoms with Gasteiger partial charge in [-0.1, -0.05) is 16.9 Å².